The fourth-order valence-electron chi connectivity index (χ4n) is 2.84. The summed E-state index contributed by atoms with van der Waals surface area (Å²) in [6.07, 6.45) is 0.641. The summed E-state index contributed by atoms with van der Waals surface area (Å²) in [5.74, 6) is 0.323. The zero-order chi connectivity index (χ0) is 17.9. The Labute approximate surface area is 160 Å². The fourth-order valence-corrected chi connectivity index (χ4v) is 3.78. The third-order valence-electron chi connectivity index (χ3n) is 4.22. The molecule has 1 aliphatic rings. The normalized spacial score (nSPS) is 15.8. The van der Waals surface area contributed by atoms with Crippen LogP contribution in [0.5, 0.6) is 5.75 Å². The SMILES string of the molecule is O=C(OCc1csc(-c2ccc(Cl)cc2)n1)[C@H]1COc2ccccc2C1. The summed E-state index contributed by atoms with van der Waals surface area (Å²) in [5.41, 5.74) is 2.78. The van der Waals surface area contributed by atoms with Crippen LogP contribution in [0.4, 0.5) is 0 Å². The van der Waals surface area contributed by atoms with Gasteiger partial charge in [0.05, 0.1) is 11.6 Å². The smallest absolute Gasteiger partial charge is 0.313 e. The van der Waals surface area contributed by atoms with E-state index in [0.29, 0.717) is 18.1 Å². The van der Waals surface area contributed by atoms with Gasteiger partial charge in [0.2, 0.25) is 0 Å². The third kappa shape index (κ3) is 3.74. The number of hydrogen-bond donors (Lipinski definition) is 0. The first-order valence-electron chi connectivity index (χ1n) is 8.27. The van der Waals surface area contributed by atoms with Crippen LogP contribution < -0.4 is 4.74 Å². The zero-order valence-electron chi connectivity index (χ0n) is 13.9. The number of thiazole rings is 1. The Morgan fingerprint density at radius 3 is 2.88 bits per heavy atom. The van der Waals surface area contributed by atoms with Gasteiger partial charge in [0.15, 0.2) is 0 Å². The molecule has 1 aliphatic heterocycles. The number of esters is 1. The van der Waals surface area contributed by atoms with Crippen LogP contribution in [-0.4, -0.2) is 17.6 Å². The van der Waals surface area contributed by atoms with Crippen molar-refractivity contribution in [3.63, 3.8) is 0 Å². The van der Waals surface area contributed by atoms with Gasteiger partial charge >= 0.3 is 5.97 Å². The molecule has 4 rings (SSSR count). The van der Waals surface area contributed by atoms with Gasteiger partial charge in [-0.3, -0.25) is 4.79 Å². The lowest BCUT2D eigenvalue weighted by atomic mass is 9.97. The third-order valence-corrected chi connectivity index (χ3v) is 5.41. The summed E-state index contributed by atoms with van der Waals surface area (Å²) < 4.78 is 11.1. The second-order valence-corrected chi connectivity index (χ2v) is 7.37. The van der Waals surface area contributed by atoms with Crippen molar-refractivity contribution in [2.45, 2.75) is 13.0 Å². The fraction of sp³-hybridized carbons (Fsp3) is 0.200. The van der Waals surface area contributed by atoms with E-state index in [1.807, 2.05) is 53.9 Å². The van der Waals surface area contributed by atoms with Crippen LogP contribution in [0.25, 0.3) is 10.6 Å². The molecule has 1 atom stereocenters. The summed E-state index contributed by atoms with van der Waals surface area (Å²) in [4.78, 5) is 16.9. The highest BCUT2D eigenvalue weighted by Gasteiger charge is 2.27. The van der Waals surface area contributed by atoms with Crippen molar-refractivity contribution >= 4 is 28.9 Å². The average molecular weight is 386 g/mol. The van der Waals surface area contributed by atoms with E-state index in [0.717, 1.165) is 27.6 Å². The summed E-state index contributed by atoms with van der Waals surface area (Å²) in [6, 6.07) is 15.3. The first-order chi connectivity index (χ1) is 12.7. The van der Waals surface area contributed by atoms with Gasteiger partial charge in [-0.05, 0) is 30.2 Å². The minimum atomic E-state index is -0.278. The van der Waals surface area contributed by atoms with E-state index in [1.165, 1.54) is 11.3 Å². The van der Waals surface area contributed by atoms with Gasteiger partial charge in [-0.1, -0.05) is 41.9 Å². The van der Waals surface area contributed by atoms with Crippen LogP contribution in [0.2, 0.25) is 5.02 Å². The van der Waals surface area contributed by atoms with Crippen molar-refractivity contribution in [3.05, 3.63) is 70.2 Å². The van der Waals surface area contributed by atoms with E-state index in [2.05, 4.69) is 4.98 Å². The maximum Gasteiger partial charge on any atom is 0.313 e. The summed E-state index contributed by atoms with van der Waals surface area (Å²) in [6.45, 7) is 0.518. The Morgan fingerprint density at radius 2 is 2.04 bits per heavy atom. The quantitative estimate of drug-likeness (QED) is 0.607. The molecule has 6 heteroatoms. The Bertz CT molecular complexity index is 923. The monoisotopic (exact) mass is 385 g/mol. The van der Waals surface area contributed by atoms with Crippen LogP contribution in [0.3, 0.4) is 0 Å². The molecule has 0 spiro atoms. The lowest BCUT2D eigenvalue weighted by Gasteiger charge is -2.23. The van der Waals surface area contributed by atoms with Gasteiger partial charge in [-0.25, -0.2) is 4.98 Å². The topological polar surface area (TPSA) is 48.4 Å². The van der Waals surface area contributed by atoms with Gasteiger partial charge in [-0.2, -0.15) is 0 Å². The van der Waals surface area contributed by atoms with E-state index in [-0.39, 0.29) is 18.5 Å². The molecule has 2 aromatic carbocycles. The summed E-state index contributed by atoms with van der Waals surface area (Å²) >= 11 is 7.43. The number of para-hydroxylation sites is 1. The van der Waals surface area contributed by atoms with Crippen molar-refractivity contribution in [1.29, 1.82) is 0 Å². The van der Waals surface area contributed by atoms with E-state index in [1.54, 1.807) is 0 Å². The number of halogens is 1. The number of aromatic nitrogens is 1. The first-order valence-corrected chi connectivity index (χ1v) is 9.52. The molecule has 0 fully saturated rings. The molecule has 0 radical (unpaired) electrons. The Balaban J connectivity index is 1.36. The molecule has 0 saturated carbocycles. The molecular formula is C20H16ClNO3S. The number of fused-ring (bicyclic) bond motifs is 1. The molecule has 0 bridgehead atoms. The predicted molar refractivity (Wildman–Crippen MR) is 101 cm³/mol. The van der Waals surface area contributed by atoms with E-state index < -0.39 is 0 Å². The Morgan fingerprint density at radius 1 is 1.23 bits per heavy atom. The first kappa shape index (κ1) is 17.1. The number of carbonyl (C=O) groups is 1. The molecule has 0 unspecified atom stereocenters. The highest BCUT2D eigenvalue weighted by Crippen LogP contribution is 2.28. The molecule has 0 amide bonds. The van der Waals surface area contributed by atoms with Crippen molar-refractivity contribution in [2.24, 2.45) is 5.92 Å². The number of benzene rings is 2. The number of nitrogens with zero attached hydrogens (tertiary/aromatic N) is 1. The number of carbonyl (C=O) groups excluding carboxylic acids is 1. The van der Waals surface area contributed by atoms with Gasteiger partial charge in [0.1, 0.15) is 24.0 Å². The van der Waals surface area contributed by atoms with Crippen LogP contribution in [0, 0.1) is 5.92 Å². The molecule has 132 valence electrons. The van der Waals surface area contributed by atoms with Crippen molar-refractivity contribution in [1.82, 2.24) is 4.98 Å². The molecule has 0 N–H and O–H groups in total. The largest absolute Gasteiger partial charge is 0.492 e. The lowest BCUT2D eigenvalue weighted by Crippen LogP contribution is -2.29. The Hall–Kier alpha value is -2.37. The summed E-state index contributed by atoms with van der Waals surface area (Å²) in [7, 11) is 0. The standard InChI is InChI=1S/C20H16ClNO3S/c21-16-7-5-13(6-8-16)19-22-17(12-26-19)11-25-20(23)15-9-14-3-1-2-4-18(14)24-10-15/h1-8,12,15H,9-11H2/t15-/m1/s1. The van der Waals surface area contributed by atoms with Crippen LogP contribution in [-0.2, 0) is 22.6 Å². The molecule has 2 heterocycles. The minimum Gasteiger partial charge on any atom is -0.492 e. The molecule has 26 heavy (non-hydrogen) atoms. The van der Waals surface area contributed by atoms with Crippen LogP contribution in [0.15, 0.2) is 53.9 Å². The number of hydrogen-bond acceptors (Lipinski definition) is 5. The van der Waals surface area contributed by atoms with E-state index in [9.17, 15) is 4.79 Å². The van der Waals surface area contributed by atoms with Gasteiger partial charge in [0, 0.05) is 16.0 Å². The number of rotatable bonds is 4. The van der Waals surface area contributed by atoms with Crippen LogP contribution >= 0.6 is 22.9 Å². The second kappa shape index (κ2) is 7.48. The maximum absolute atomic E-state index is 12.4. The molecule has 0 aliphatic carbocycles. The highest BCUT2D eigenvalue weighted by atomic mass is 35.5. The van der Waals surface area contributed by atoms with Crippen molar-refractivity contribution < 1.29 is 14.3 Å². The van der Waals surface area contributed by atoms with E-state index >= 15 is 0 Å². The molecule has 0 saturated heterocycles. The number of ether oxygens (including phenoxy) is 2. The highest BCUT2D eigenvalue weighted by molar-refractivity contribution is 7.13. The minimum absolute atomic E-state index is 0.168. The van der Waals surface area contributed by atoms with E-state index in [4.69, 9.17) is 21.1 Å². The van der Waals surface area contributed by atoms with Gasteiger partial charge in [-0.15, -0.1) is 11.3 Å². The molecule has 4 nitrogen and oxygen atoms in total. The lowest BCUT2D eigenvalue weighted by molar-refractivity contribution is -0.151. The van der Waals surface area contributed by atoms with Gasteiger partial charge in [0.25, 0.3) is 0 Å². The Kier molecular flexibility index (Phi) is 4.91. The maximum atomic E-state index is 12.4. The molecular weight excluding hydrogens is 370 g/mol. The summed E-state index contributed by atoms with van der Waals surface area (Å²) in [5, 5.41) is 3.47. The molecule has 3 aromatic rings. The molecule has 1 aromatic heterocycles. The van der Waals surface area contributed by atoms with Crippen molar-refractivity contribution in [2.75, 3.05) is 6.61 Å². The second-order valence-electron chi connectivity index (χ2n) is 6.08. The van der Waals surface area contributed by atoms with Crippen LogP contribution in [0.1, 0.15) is 11.3 Å². The predicted octanol–water partition coefficient (Wildman–Crippen LogP) is 4.76. The average Bonchev–Trinajstić information content (AvgIpc) is 3.15. The zero-order valence-corrected chi connectivity index (χ0v) is 15.4. The van der Waals surface area contributed by atoms with Gasteiger partial charge < -0.3 is 9.47 Å². The van der Waals surface area contributed by atoms with Crippen molar-refractivity contribution in [3.8, 4) is 16.3 Å².